The van der Waals surface area contributed by atoms with Gasteiger partial charge in [-0.05, 0) is 38.3 Å². The van der Waals surface area contributed by atoms with Crippen molar-refractivity contribution in [3.63, 3.8) is 0 Å². The normalized spacial score (nSPS) is 23.5. The fourth-order valence-corrected chi connectivity index (χ4v) is 6.39. The minimum Gasteiger partial charge on any atom is -0.335 e. The predicted molar refractivity (Wildman–Crippen MR) is 103 cm³/mol. The Morgan fingerprint density at radius 1 is 1.08 bits per heavy atom. The Balaban J connectivity index is 1.69. The van der Waals surface area contributed by atoms with E-state index in [1.807, 2.05) is 24.0 Å². The van der Waals surface area contributed by atoms with Crippen LogP contribution in [0.2, 0.25) is 0 Å². The number of nitrogens with zero attached hydrogens (tertiary/aromatic N) is 1. The molecule has 1 saturated heterocycles. The van der Waals surface area contributed by atoms with Crippen LogP contribution >= 0.6 is 11.8 Å². The molecule has 1 heterocycles. The third-order valence-corrected chi connectivity index (χ3v) is 7.99. The molecule has 1 saturated carbocycles. The zero-order chi connectivity index (χ0) is 17.9. The number of aryl methyl sites for hydroxylation is 1. The SMILES string of the molecule is Cc1ccc(SCC(=O)N(C2CCCCC2)C2CCS(=O)(=O)C2)cc1. The lowest BCUT2D eigenvalue weighted by Crippen LogP contribution is -2.49. The van der Waals surface area contributed by atoms with Gasteiger partial charge in [0.1, 0.15) is 0 Å². The quantitative estimate of drug-likeness (QED) is 0.733. The zero-order valence-electron chi connectivity index (χ0n) is 14.8. The molecule has 2 fully saturated rings. The van der Waals surface area contributed by atoms with Crippen molar-refractivity contribution in [2.75, 3.05) is 17.3 Å². The van der Waals surface area contributed by atoms with E-state index in [0.29, 0.717) is 12.2 Å². The number of rotatable bonds is 5. The molecule has 0 spiro atoms. The van der Waals surface area contributed by atoms with E-state index in [4.69, 9.17) is 0 Å². The van der Waals surface area contributed by atoms with Crippen molar-refractivity contribution in [2.45, 2.75) is 62.4 Å². The van der Waals surface area contributed by atoms with Gasteiger partial charge >= 0.3 is 0 Å². The van der Waals surface area contributed by atoms with Gasteiger partial charge in [0.05, 0.1) is 17.3 Å². The van der Waals surface area contributed by atoms with Crippen LogP contribution in [0.25, 0.3) is 0 Å². The Hall–Kier alpha value is -1.01. The molecule has 1 amide bonds. The second-order valence-electron chi connectivity index (χ2n) is 7.25. The van der Waals surface area contributed by atoms with Crippen molar-refractivity contribution in [1.82, 2.24) is 4.90 Å². The van der Waals surface area contributed by atoms with Crippen LogP contribution in [-0.4, -0.2) is 48.6 Å². The molecule has 4 nitrogen and oxygen atoms in total. The molecule has 25 heavy (non-hydrogen) atoms. The smallest absolute Gasteiger partial charge is 0.233 e. The van der Waals surface area contributed by atoms with Gasteiger partial charge in [-0.3, -0.25) is 4.79 Å². The monoisotopic (exact) mass is 381 g/mol. The van der Waals surface area contributed by atoms with Crippen molar-refractivity contribution in [2.24, 2.45) is 0 Å². The summed E-state index contributed by atoms with van der Waals surface area (Å²) in [5.74, 6) is 0.847. The molecule has 0 radical (unpaired) electrons. The summed E-state index contributed by atoms with van der Waals surface area (Å²) in [5.41, 5.74) is 1.20. The molecule has 1 aromatic rings. The molecule has 138 valence electrons. The molecule has 1 aliphatic heterocycles. The summed E-state index contributed by atoms with van der Waals surface area (Å²) in [6.45, 7) is 2.05. The molecule has 0 N–H and O–H groups in total. The Morgan fingerprint density at radius 2 is 1.76 bits per heavy atom. The number of amides is 1. The van der Waals surface area contributed by atoms with Gasteiger partial charge in [-0.25, -0.2) is 8.42 Å². The van der Waals surface area contributed by atoms with Gasteiger partial charge in [0.2, 0.25) is 5.91 Å². The molecular formula is C19H27NO3S2. The average molecular weight is 382 g/mol. The van der Waals surface area contributed by atoms with E-state index in [9.17, 15) is 13.2 Å². The van der Waals surface area contributed by atoms with Gasteiger partial charge in [0.15, 0.2) is 9.84 Å². The maximum Gasteiger partial charge on any atom is 0.233 e. The zero-order valence-corrected chi connectivity index (χ0v) is 16.4. The Morgan fingerprint density at radius 3 is 2.36 bits per heavy atom. The summed E-state index contributed by atoms with van der Waals surface area (Å²) in [7, 11) is -2.99. The van der Waals surface area contributed by atoms with Crippen molar-refractivity contribution in [3.8, 4) is 0 Å². The number of hydrogen-bond donors (Lipinski definition) is 0. The highest BCUT2D eigenvalue weighted by Gasteiger charge is 2.38. The number of carbonyl (C=O) groups excluding carboxylic acids is 1. The van der Waals surface area contributed by atoms with Gasteiger partial charge in [-0.15, -0.1) is 11.8 Å². The molecule has 0 bridgehead atoms. The van der Waals surface area contributed by atoms with Crippen LogP contribution in [0.5, 0.6) is 0 Å². The third kappa shape index (κ3) is 5.00. The number of thioether (sulfide) groups is 1. The maximum atomic E-state index is 13.0. The second-order valence-corrected chi connectivity index (χ2v) is 10.5. The maximum absolute atomic E-state index is 13.0. The summed E-state index contributed by atoms with van der Waals surface area (Å²) < 4.78 is 23.8. The lowest BCUT2D eigenvalue weighted by molar-refractivity contribution is -0.133. The largest absolute Gasteiger partial charge is 0.335 e. The lowest BCUT2D eigenvalue weighted by Gasteiger charge is -2.38. The first-order chi connectivity index (χ1) is 11.9. The third-order valence-electron chi connectivity index (χ3n) is 5.24. The fraction of sp³-hybridized carbons (Fsp3) is 0.632. The van der Waals surface area contributed by atoms with E-state index in [1.54, 1.807) is 11.8 Å². The van der Waals surface area contributed by atoms with Crippen LogP contribution in [0, 0.1) is 6.92 Å². The summed E-state index contributed by atoms with van der Waals surface area (Å²) in [4.78, 5) is 16.0. The summed E-state index contributed by atoms with van der Waals surface area (Å²) >= 11 is 1.55. The highest BCUT2D eigenvalue weighted by Crippen LogP contribution is 2.29. The van der Waals surface area contributed by atoms with Crippen LogP contribution in [-0.2, 0) is 14.6 Å². The first kappa shape index (κ1) is 18.8. The van der Waals surface area contributed by atoms with Crippen molar-refractivity contribution >= 4 is 27.5 Å². The lowest BCUT2D eigenvalue weighted by atomic mass is 9.93. The molecular weight excluding hydrogens is 354 g/mol. The average Bonchev–Trinajstić information content (AvgIpc) is 2.95. The molecule has 1 aliphatic carbocycles. The highest BCUT2D eigenvalue weighted by atomic mass is 32.2. The van der Waals surface area contributed by atoms with Gasteiger partial charge in [-0.2, -0.15) is 0 Å². The Kier molecular flexibility index (Phi) is 6.10. The predicted octanol–water partition coefficient (Wildman–Crippen LogP) is 3.44. The van der Waals surface area contributed by atoms with Crippen LogP contribution in [0.1, 0.15) is 44.1 Å². The van der Waals surface area contributed by atoms with E-state index in [0.717, 1.165) is 30.6 Å². The first-order valence-electron chi connectivity index (χ1n) is 9.16. The Labute approximate surface area is 155 Å². The molecule has 1 atom stereocenters. The number of benzene rings is 1. The molecule has 0 aromatic heterocycles. The highest BCUT2D eigenvalue weighted by molar-refractivity contribution is 8.00. The fourth-order valence-electron chi connectivity index (χ4n) is 3.91. The summed E-state index contributed by atoms with van der Waals surface area (Å²) in [6.07, 6.45) is 6.12. The molecule has 6 heteroatoms. The van der Waals surface area contributed by atoms with Crippen molar-refractivity contribution < 1.29 is 13.2 Å². The molecule has 3 rings (SSSR count). The van der Waals surface area contributed by atoms with E-state index in [2.05, 4.69) is 12.1 Å². The van der Waals surface area contributed by atoms with E-state index >= 15 is 0 Å². The van der Waals surface area contributed by atoms with Crippen molar-refractivity contribution in [3.05, 3.63) is 29.8 Å². The minimum atomic E-state index is -2.99. The Bertz CT molecular complexity index is 694. The molecule has 1 aromatic carbocycles. The molecule has 1 unspecified atom stereocenters. The van der Waals surface area contributed by atoms with E-state index < -0.39 is 9.84 Å². The number of sulfone groups is 1. The van der Waals surface area contributed by atoms with Gasteiger partial charge in [0, 0.05) is 17.0 Å². The number of carbonyl (C=O) groups is 1. The first-order valence-corrected chi connectivity index (χ1v) is 12.0. The minimum absolute atomic E-state index is 0.0968. The topological polar surface area (TPSA) is 54.5 Å². The van der Waals surface area contributed by atoms with Gasteiger partial charge < -0.3 is 4.90 Å². The standard InChI is InChI=1S/C19H27NO3S2/c1-15-7-9-18(10-8-15)24-13-19(21)20(16-5-3-2-4-6-16)17-11-12-25(22,23)14-17/h7-10,16-17H,2-6,11-14H2,1H3. The summed E-state index contributed by atoms with van der Waals surface area (Å²) in [5, 5.41) is 0. The van der Waals surface area contributed by atoms with Crippen LogP contribution in [0.15, 0.2) is 29.2 Å². The van der Waals surface area contributed by atoms with Gasteiger partial charge in [0.25, 0.3) is 0 Å². The summed E-state index contributed by atoms with van der Waals surface area (Å²) in [6, 6.07) is 8.28. The number of hydrogen-bond acceptors (Lipinski definition) is 4. The van der Waals surface area contributed by atoms with Gasteiger partial charge in [-0.1, -0.05) is 37.0 Å². The van der Waals surface area contributed by atoms with Crippen LogP contribution in [0.3, 0.4) is 0 Å². The van der Waals surface area contributed by atoms with Crippen LogP contribution in [0.4, 0.5) is 0 Å². The second kappa shape index (κ2) is 8.12. The van der Waals surface area contributed by atoms with E-state index in [1.165, 1.54) is 12.0 Å². The van der Waals surface area contributed by atoms with E-state index in [-0.39, 0.29) is 29.5 Å². The molecule has 2 aliphatic rings. The van der Waals surface area contributed by atoms with Crippen LogP contribution < -0.4 is 0 Å². The van der Waals surface area contributed by atoms with Crippen molar-refractivity contribution in [1.29, 1.82) is 0 Å².